The number of aromatic amines is 1. The Labute approximate surface area is 164 Å². The van der Waals surface area contributed by atoms with Gasteiger partial charge in [-0.2, -0.15) is 10.3 Å². The Morgan fingerprint density at radius 1 is 1.18 bits per heavy atom. The first kappa shape index (κ1) is 18.3. The van der Waals surface area contributed by atoms with Crippen LogP contribution in [0.1, 0.15) is 54.8 Å². The highest BCUT2D eigenvalue weighted by Crippen LogP contribution is 2.37. The molecule has 0 amide bonds. The fourth-order valence-corrected chi connectivity index (χ4v) is 3.63. The van der Waals surface area contributed by atoms with E-state index in [0.29, 0.717) is 5.82 Å². The van der Waals surface area contributed by atoms with Gasteiger partial charge in [-0.1, -0.05) is 67.1 Å². The number of aromatic nitrogens is 7. The quantitative estimate of drug-likeness (QED) is 0.685. The van der Waals surface area contributed by atoms with Crippen LogP contribution in [0.25, 0.3) is 0 Å². The number of tetrazole rings is 1. The number of unbranched alkanes of at least 4 members (excludes halogenated alkanes) is 1. The number of aryl methyl sites for hydroxylation is 2. The molecule has 144 valence electrons. The first-order valence-corrected chi connectivity index (χ1v) is 9.79. The molecule has 1 N–H and O–H groups in total. The zero-order chi connectivity index (χ0) is 19.4. The topological polar surface area (TPSA) is 85.2 Å². The molecule has 28 heavy (non-hydrogen) atoms. The van der Waals surface area contributed by atoms with E-state index in [1.165, 1.54) is 5.56 Å². The predicted octanol–water partition coefficient (Wildman–Crippen LogP) is 3.29. The first-order chi connectivity index (χ1) is 13.7. The summed E-state index contributed by atoms with van der Waals surface area (Å²) in [5.74, 6) is 2.58. The Bertz CT molecular complexity index is 967. The van der Waals surface area contributed by atoms with Crippen LogP contribution in [-0.4, -0.2) is 35.4 Å². The molecule has 0 radical (unpaired) electrons. The molecule has 1 atom stereocenters. The van der Waals surface area contributed by atoms with E-state index >= 15 is 0 Å². The average molecular weight is 375 g/mol. The Balaban J connectivity index is 1.56. The Morgan fingerprint density at radius 3 is 2.71 bits per heavy atom. The molecule has 7 nitrogen and oxygen atoms in total. The van der Waals surface area contributed by atoms with Gasteiger partial charge >= 0.3 is 0 Å². The fraction of sp³-hybridized carbons (Fsp3) is 0.381. The van der Waals surface area contributed by atoms with Crippen molar-refractivity contribution in [2.24, 2.45) is 0 Å². The molecule has 1 aromatic carbocycles. The SMILES string of the molecule is CCCCc1nc(C)n(Cc2ccc(C3(c4nn[nH]n4)C=CC=CC3)cc2)n1. The molecular formula is C21H25N7. The lowest BCUT2D eigenvalue weighted by molar-refractivity contribution is 0.598. The number of benzene rings is 1. The van der Waals surface area contributed by atoms with Crippen molar-refractivity contribution in [1.29, 1.82) is 0 Å². The van der Waals surface area contributed by atoms with Crippen LogP contribution in [0.2, 0.25) is 0 Å². The van der Waals surface area contributed by atoms with Gasteiger partial charge in [0.15, 0.2) is 11.6 Å². The third-order valence-electron chi connectivity index (χ3n) is 5.27. The summed E-state index contributed by atoms with van der Waals surface area (Å²) in [5, 5.41) is 19.5. The second kappa shape index (κ2) is 7.88. The zero-order valence-electron chi connectivity index (χ0n) is 16.3. The van der Waals surface area contributed by atoms with Gasteiger partial charge in [0, 0.05) is 6.42 Å². The number of hydrogen-bond donors (Lipinski definition) is 1. The van der Waals surface area contributed by atoms with Crippen LogP contribution in [0.5, 0.6) is 0 Å². The molecule has 1 unspecified atom stereocenters. The van der Waals surface area contributed by atoms with E-state index in [1.54, 1.807) is 0 Å². The van der Waals surface area contributed by atoms with Gasteiger partial charge in [-0.15, -0.1) is 10.2 Å². The van der Waals surface area contributed by atoms with Gasteiger partial charge < -0.3 is 0 Å². The number of nitrogens with zero attached hydrogens (tertiary/aromatic N) is 6. The zero-order valence-corrected chi connectivity index (χ0v) is 16.3. The minimum atomic E-state index is -0.378. The molecule has 3 aromatic rings. The smallest absolute Gasteiger partial charge is 0.189 e. The number of allylic oxidation sites excluding steroid dienone is 4. The highest BCUT2D eigenvalue weighted by atomic mass is 15.5. The van der Waals surface area contributed by atoms with E-state index in [2.05, 4.69) is 80.1 Å². The maximum Gasteiger partial charge on any atom is 0.189 e. The Morgan fingerprint density at radius 2 is 2.04 bits per heavy atom. The highest BCUT2D eigenvalue weighted by molar-refractivity contribution is 5.43. The lowest BCUT2D eigenvalue weighted by Gasteiger charge is -2.28. The lowest BCUT2D eigenvalue weighted by atomic mass is 9.74. The van der Waals surface area contributed by atoms with Gasteiger partial charge in [0.1, 0.15) is 5.82 Å². The van der Waals surface area contributed by atoms with Crippen molar-refractivity contribution in [3.05, 3.63) is 77.2 Å². The summed E-state index contributed by atoms with van der Waals surface area (Å²) in [6, 6.07) is 8.60. The largest absolute Gasteiger partial charge is 0.246 e. The van der Waals surface area contributed by atoms with E-state index in [-0.39, 0.29) is 5.41 Å². The third-order valence-corrected chi connectivity index (χ3v) is 5.27. The van der Waals surface area contributed by atoms with Crippen LogP contribution in [0, 0.1) is 6.92 Å². The molecule has 1 aliphatic carbocycles. The molecule has 1 aliphatic rings. The van der Waals surface area contributed by atoms with Crippen molar-refractivity contribution in [3.63, 3.8) is 0 Å². The molecule has 4 rings (SSSR count). The van der Waals surface area contributed by atoms with Crippen LogP contribution in [0.3, 0.4) is 0 Å². The van der Waals surface area contributed by atoms with Gasteiger partial charge in [0.2, 0.25) is 0 Å². The van der Waals surface area contributed by atoms with Crippen molar-refractivity contribution in [3.8, 4) is 0 Å². The molecule has 2 heterocycles. The van der Waals surface area contributed by atoms with E-state index in [4.69, 9.17) is 0 Å². The monoisotopic (exact) mass is 375 g/mol. The lowest BCUT2D eigenvalue weighted by Crippen LogP contribution is -2.27. The van der Waals surface area contributed by atoms with Crippen LogP contribution < -0.4 is 0 Å². The van der Waals surface area contributed by atoms with Crippen LogP contribution in [0.15, 0.2) is 48.6 Å². The van der Waals surface area contributed by atoms with Crippen LogP contribution >= 0.6 is 0 Å². The van der Waals surface area contributed by atoms with E-state index in [0.717, 1.165) is 49.4 Å². The normalized spacial score (nSPS) is 18.6. The molecule has 0 aliphatic heterocycles. The van der Waals surface area contributed by atoms with Crippen molar-refractivity contribution < 1.29 is 0 Å². The molecule has 7 heteroatoms. The first-order valence-electron chi connectivity index (χ1n) is 9.79. The van der Waals surface area contributed by atoms with Gasteiger partial charge in [0.25, 0.3) is 0 Å². The summed E-state index contributed by atoms with van der Waals surface area (Å²) in [6.45, 7) is 4.92. The van der Waals surface area contributed by atoms with Crippen molar-refractivity contribution in [2.75, 3.05) is 0 Å². The van der Waals surface area contributed by atoms with Crippen LogP contribution in [-0.2, 0) is 18.4 Å². The highest BCUT2D eigenvalue weighted by Gasteiger charge is 2.35. The second-order valence-electron chi connectivity index (χ2n) is 7.23. The molecule has 2 aromatic heterocycles. The third kappa shape index (κ3) is 3.52. The molecular weight excluding hydrogens is 350 g/mol. The van der Waals surface area contributed by atoms with Gasteiger partial charge in [-0.05, 0) is 30.9 Å². The predicted molar refractivity (Wildman–Crippen MR) is 107 cm³/mol. The minimum Gasteiger partial charge on any atom is -0.246 e. The molecule has 0 spiro atoms. The van der Waals surface area contributed by atoms with Crippen LogP contribution in [0.4, 0.5) is 0 Å². The summed E-state index contributed by atoms with van der Waals surface area (Å²) in [4.78, 5) is 4.59. The van der Waals surface area contributed by atoms with Gasteiger partial charge in [-0.3, -0.25) is 0 Å². The fourth-order valence-electron chi connectivity index (χ4n) is 3.63. The molecule has 0 bridgehead atoms. The number of hydrogen-bond acceptors (Lipinski definition) is 5. The van der Waals surface area contributed by atoms with Crippen molar-refractivity contribution in [1.82, 2.24) is 35.4 Å². The number of H-pyrrole nitrogens is 1. The number of rotatable bonds is 7. The summed E-state index contributed by atoms with van der Waals surface area (Å²) in [7, 11) is 0. The molecule has 0 saturated carbocycles. The van der Waals surface area contributed by atoms with Gasteiger partial charge in [-0.25, -0.2) is 9.67 Å². The summed E-state index contributed by atoms with van der Waals surface area (Å²) in [5.41, 5.74) is 1.96. The maximum absolute atomic E-state index is 4.66. The van der Waals surface area contributed by atoms with Gasteiger partial charge in [0.05, 0.1) is 12.0 Å². The minimum absolute atomic E-state index is 0.378. The number of nitrogens with one attached hydrogen (secondary N) is 1. The van der Waals surface area contributed by atoms with Crippen molar-refractivity contribution >= 4 is 0 Å². The van der Waals surface area contributed by atoms with E-state index < -0.39 is 0 Å². The van der Waals surface area contributed by atoms with E-state index in [9.17, 15) is 0 Å². The van der Waals surface area contributed by atoms with Crippen molar-refractivity contribution in [2.45, 2.75) is 51.5 Å². The summed E-state index contributed by atoms with van der Waals surface area (Å²) >= 11 is 0. The Kier molecular flexibility index (Phi) is 5.14. The standard InChI is InChI=1S/C21H25N7/c1-3-4-8-19-22-16(2)28(25-19)15-17-9-11-18(12-10-17)21(13-6-5-7-14-21)20-23-26-27-24-20/h5-7,9-13H,3-4,8,14-15H2,1-2H3,(H,23,24,26,27). The second-order valence-corrected chi connectivity index (χ2v) is 7.23. The summed E-state index contributed by atoms with van der Waals surface area (Å²) in [6.07, 6.45) is 12.4. The average Bonchev–Trinajstić information content (AvgIpc) is 3.38. The van der Waals surface area contributed by atoms with E-state index in [1.807, 2.05) is 17.7 Å². The Hall–Kier alpha value is -3.09. The summed E-state index contributed by atoms with van der Waals surface area (Å²) < 4.78 is 1.98. The molecule has 0 fully saturated rings. The molecule has 0 saturated heterocycles. The maximum atomic E-state index is 4.66.